The highest BCUT2D eigenvalue weighted by atomic mass is 16.2. The van der Waals surface area contributed by atoms with Crippen LogP contribution in [0.1, 0.15) is 0 Å². The summed E-state index contributed by atoms with van der Waals surface area (Å²) in [5, 5.41) is 2.72. The van der Waals surface area contributed by atoms with Crippen molar-refractivity contribution in [3.8, 4) is 11.4 Å². The fourth-order valence-corrected chi connectivity index (χ4v) is 2.72. The van der Waals surface area contributed by atoms with Gasteiger partial charge in [0.05, 0.1) is 11.0 Å². The number of imidazole rings is 1. The molecule has 0 bridgehead atoms. The van der Waals surface area contributed by atoms with Crippen molar-refractivity contribution in [1.82, 2.24) is 19.5 Å². The molecule has 8 nitrogen and oxygen atoms in total. The van der Waals surface area contributed by atoms with Crippen LogP contribution in [0.25, 0.3) is 22.4 Å². The molecule has 0 spiro atoms. The lowest BCUT2D eigenvalue weighted by atomic mass is 10.2. The lowest BCUT2D eigenvalue weighted by Crippen LogP contribution is -2.32. The Balaban J connectivity index is 1.48. The first kappa shape index (κ1) is 16.5. The van der Waals surface area contributed by atoms with Crippen LogP contribution in [-0.4, -0.2) is 25.4 Å². The number of carbonyl (C=O) groups excluding carboxylic acids is 1. The highest BCUT2D eigenvalue weighted by Crippen LogP contribution is 2.21. The largest absolute Gasteiger partial charge is 0.338 e. The van der Waals surface area contributed by atoms with Gasteiger partial charge in [-0.15, -0.1) is 0 Å². The summed E-state index contributed by atoms with van der Waals surface area (Å²) in [4.78, 5) is 44.7. The highest BCUT2D eigenvalue weighted by molar-refractivity contribution is 5.90. The van der Waals surface area contributed by atoms with E-state index in [1.54, 1.807) is 12.1 Å². The Morgan fingerprint density at radius 2 is 1.78 bits per heavy atom. The van der Waals surface area contributed by atoms with Gasteiger partial charge >= 0.3 is 5.69 Å². The van der Waals surface area contributed by atoms with E-state index in [1.165, 1.54) is 12.3 Å². The molecular weight excluding hydrogens is 346 g/mol. The Morgan fingerprint density at radius 3 is 2.52 bits per heavy atom. The molecule has 2 aromatic carbocycles. The van der Waals surface area contributed by atoms with E-state index in [2.05, 4.69) is 20.3 Å². The zero-order chi connectivity index (χ0) is 18.8. The normalized spacial score (nSPS) is 10.8. The Labute approximate surface area is 152 Å². The molecular formula is C19H15N5O3. The number of aromatic amines is 2. The monoisotopic (exact) mass is 361 g/mol. The maximum absolute atomic E-state index is 12.1. The predicted molar refractivity (Wildman–Crippen MR) is 101 cm³/mol. The number of carbonyl (C=O) groups is 1. The molecule has 0 radical (unpaired) electrons. The molecule has 2 aromatic heterocycles. The Kier molecular flexibility index (Phi) is 4.13. The molecule has 0 aliphatic carbocycles. The van der Waals surface area contributed by atoms with Crippen LogP contribution in [0.5, 0.6) is 0 Å². The van der Waals surface area contributed by atoms with E-state index in [0.717, 1.165) is 27.0 Å². The minimum atomic E-state index is -0.627. The molecule has 4 aromatic rings. The third-order valence-corrected chi connectivity index (χ3v) is 4.04. The van der Waals surface area contributed by atoms with E-state index in [1.807, 2.05) is 36.4 Å². The quantitative estimate of drug-likeness (QED) is 0.514. The van der Waals surface area contributed by atoms with E-state index in [-0.39, 0.29) is 12.5 Å². The van der Waals surface area contributed by atoms with Crippen LogP contribution in [-0.2, 0) is 11.3 Å². The van der Waals surface area contributed by atoms with Crippen LogP contribution in [0.2, 0.25) is 0 Å². The van der Waals surface area contributed by atoms with Crippen molar-refractivity contribution in [2.75, 3.05) is 5.32 Å². The highest BCUT2D eigenvalue weighted by Gasteiger charge is 2.08. The first-order valence-corrected chi connectivity index (χ1v) is 8.23. The fraction of sp³-hybridized carbons (Fsp3) is 0.0526. The molecule has 134 valence electrons. The summed E-state index contributed by atoms with van der Waals surface area (Å²) >= 11 is 0. The van der Waals surface area contributed by atoms with Crippen molar-refractivity contribution in [2.24, 2.45) is 0 Å². The van der Waals surface area contributed by atoms with E-state index in [9.17, 15) is 14.4 Å². The van der Waals surface area contributed by atoms with Crippen molar-refractivity contribution in [3.63, 3.8) is 0 Å². The van der Waals surface area contributed by atoms with Gasteiger partial charge in [-0.3, -0.25) is 19.1 Å². The Morgan fingerprint density at radius 1 is 1.00 bits per heavy atom. The number of anilines is 1. The average molecular weight is 361 g/mol. The molecule has 0 fully saturated rings. The zero-order valence-electron chi connectivity index (χ0n) is 14.1. The third-order valence-electron chi connectivity index (χ3n) is 4.04. The summed E-state index contributed by atoms with van der Waals surface area (Å²) in [6.07, 6.45) is 1.28. The summed E-state index contributed by atoms with van der Waals surface area (Å²) in [6.45, 7) is -0.194. The van der Waals surface area contributed by atoms with Gasteiger partial charge in [-0.25, -0.2) is 9.78 Å². The van der Waals surface area contributed by atoms with E-state index in [4.69, 9.17) is 0 Å². The van der Waals surface area contributed by atoms with Gasteiger partial charge in [-0.2, -0.15) is 0 Å². The Hall–Kier alpha value is -3.94. The van der Waals surface area contributed by atoms with E-state index >= 15 is 0 Å². The Bertz CT molecular complexity index is 1200. The van der Waals surface area contributed by atoms with Crippen molar-refractivity contribution in [3.05, 3.63) is 81.6 Å². The van der Waals surface area contributed by atoms with Crippen molar-refractivity contribution in [2.45, 2.75) is 6.54 Å². The minimum Gasteiger partial charge on any atom is -0.338 e. The molecule has 2 heterocycles. The molecule has 27 heavy (non-hydrogen) atoms. The van der Waals surface area contributed by atoms with Gasteiger partial charge in [-0.1, -0.05) is 12.1 Å². The molecule has 4 rings (SSSR count). The summed E-state index contributed by atoms with van der Waals surface area (Å²) in [5.41, 5.74) is 2.20. The molecule has 0 saturated carbocycles. The second kappa shape index (κ2) is 6.75. The zero-order valence-corrected chi connectivity index (χ0v) is 14.1. The molecule has 0 saturated heterocycles. The first-order chi connectivity index (χ1) is 13.1. The van der Waals surface area contributed by atoms with Gasteiger partial charge in [0.25, 0.3) is 5.56 Å². The van der Waals surface area contributed by atoms with Crippen LogP contribution in [0.4, 0.5) is 5.69 Å². The van der Waals surface area contributed by atoms with Crippen LogP contribution in [0, 0.1) is 0 Å². The molecule has 8 heteroatoms. The summed E-state index contributed by atoms with van der Waals surface area (Å²) < 4.78 is 1.12. The lowest BCUT2D eigenvalue weighted by Gasteiger charge is -2.07. The van der Waals surface area contributed by atoms with E-state index in [0.29, 0.717) is 5.69 Å². The second-order valence-corrected chi connectivity index (χ2v) is 5.97. The topological polar surface area (TPSA) is 113 Å². The van der Waals surface area contributed by atoms with Gasteiger partial charge in [0, 0.05) is 23.5 Å². The SMILES string of the molecule is O=C(Cn1ccc(=O)[nH]c1=O)Nc1ccc(-c2nc3ccccc3[nH]2)cc1. The molecule has 0 unspecified atom stereocenters. The molecule has 3 N–H and O–H groups in total. The number of para-hydroxylation sites is 2. The van der Waals surface area contributed by atoms with Crippen molar-refractivity contribution >= 4 is 22.6 Å². The summed E-state index contributed by atoms with van der Waals surface area (Å²) in [5.74, 6) is 0.370. The van der Waals surface area contributed by atoms with Crippen molar-refractivity contribution < 1.29 is 4.79 Å². The number of benzene rings is 2. The number of fused-ring (bicyclic) bond motifs is 1. The average Bonchev–Trinajstić information content (AvgIpc) is 3.09. The lowest BCUT2D eigenvalue weighted by molar-refractivity contribution is -0.116. The number of nitrogens with one attached hydrogen (secondary N) is 3. The standard InChI is InChI=1S/C19H15N5O3/c25-16-9-10-24(19(27)23-16)11-17(26)20-13-7-5-12(6-8-13)18-21-14-3-1-2-4-15(14)22-18/h1-10H,11H2,(H,20,26)(H,21,22)(H,23,25,27). The summed E-state index contributed by atoms with van der Waals surface area (Å²) in [7, 11) is 0. The maximum Gasteiger partial charge on any atom is 0.328 e. The molecule has 1 amide bonds. The van der Waals surface area contributed by atoms with E-state index < -0.39 is 11.2 Å². The number of aromatic nitrogens is 4. The number of H-pyrrole nitrogens is 2. The second-order valence-electron chi connectivity index (χ2n) is 5.97. The van der Waals surface area contributed by atoms with Crippen LogP contribution in [0.15, 0.2) is 70.4 Å². The minimum absolute atomic E-state index is 0.194. The molecule has 0 aliphatic heterocycles. The number of hydrogen-bond acceptors (Lipinski definition) is 4. The van der Waals surface area contributed by atoms with Gasteiger partial charge in [0.2, 0.25) is 5.91 Å². The molecule has 0 aliphatic rings. The predicted octanol–water partition coefficient (Wildman–Crippen LogP) is 1.72. The number of rotatable bonds is 4. The number of amides is 1. The third kappa shape index (κ3) is 3.54. The fourth-order valence-electron chi connectivity index (χ4n) is 2.72. The van der Waals surface area contributed by atoms with Crippen LogP contribution < -0.4 is 16.6 Å². The van der Waals surface area contributed by atoms with Crippen LogP contribution >= 0.6 is 0 Å². The van der Waals surface area contributed by atoms with Gasteiger partial charge in [0.15, 0.2) is 0 Å². The first-order valence-electron chi connectivity index (χ1n) is 8.23. The smallest absolute Gasteiger partial charge is 0.328 e. The number of nitrogens with zero attached hydrogens (tertiary/aromatic N) is 2. The van der Waals surface area contributed by atoms with Gasteiger partial charge in [0.1, 0.15) is 12.4 Å². The molecule has 0 atom stereocenters. The maximum atomic E-state index is 12.1. The van der Waals surface area contributed by atoms with Crippen molar-refractivity contribution in [1.29, 1.82) is 0 Å². The van der Waals surface area contributed by atoms with Gasteiger partial charge < -0.3 is 10.3 Å². The van der Waals surface area contributed by atoms with Gasteiger partial charge in [-0.05, 0) is 36.4 Å². The van der Waals surface area contributed by atoms with Crippen LogP contribution in [0.3, 0.4) is 0 Å². The number of hydrogen-bond donors (Lipinski definition) is 3. The summed E-state index contributed by atoms with van der Waals surface area (Å²) in [6, 6.07) is 16.2.